The third kappa shape index (κ3) is 6.39. The fourth-order valence-electron chi connectivity index (χ4n) is 3.46. The minimum absolute atomic E-state index is 0.0262. The van der Waals surface area contributed by atoms with Gasteiger partial charge in [-0.15, -0.1) is 0 Å². The normalized spacial score (nSPS) is 14.3. The van der Waals surface area contributed by atoms with Gasteiger partial charge in [-0.25, -0.2) is 18.4 Å². The average Bonchev–Trinajstić information content (AvgIpc) is 3.26. The van der Waals surface area contributed by atoms with Crippen LogP contribution in [-0.2, 0) is 14.6 Å². The molecule has 9 heteroatoms. The Hall–Kier alpha value is -2.73. The zero-order valence-corrected chi connectivity index (χ0v) is 19.2. The second-order valence-corrected chi connectivity index (χ2v) is 9.92. The summed E-state index contributed by atoms with van der Waals surface area (Å²) in [6, 6.07) is 4.62. The van der Waals surface area contributed by atoms with Crippen molar-refractivity contribution < 1.29 is 18.3 Å². The van der Waals surface area contributed by atoms with Gasteiger partial charge in [0.25, 0.3) is 0 Å². The number of nitrogens with zero attached hydrogens (tertiary/aromatic N) is 2. The van der Waals surface area contributed by atoms with Gasteiger partial charge in [-0.3, -0.25) is 4.79 Å². The first-order chi connectivity index (χ1) is 15.3. The number of carbonyl (C=O) groups excluding carboxylic acids is 1. The van der Waals surface area contributed by atoms with Gasteiger partial charge in [-0.05, 0) is 49.3 Å². The molecule has 2 aromatic rings. The number of nitrogens with one attached hydrogen (secondary N) is 1. The monoisotopic (exact) mass is 473 g/mol. The van der Waals surface area contributed by atoms with Gasteiger partial charge in [0.2, 0.25) is 5.91 Å². The largest absolute Gasteiger partial charge is 0.395 e. The van der Waals surface area contributed by atoms with Gasteiger partial charge < -0.3 is 10.4 Å². The number of amides is 1. The standard InChI is InChI=1S/C23H24ClN3O4S/c1-32(30,31)21-10-9-17(13-20(21)24)19(12-16-6-2-3-7-16)23(29)27-22-15-25-18(14-26-22)8-4-5-11-28/h6,9-10,13-15,19,28H,2-3,5,7,11-12H2,1H3,(H,26,27,29)/t19-/m1/s1. The molecule has 1 aromatic carbocycles. The molecule has 1 heterocycles. The summed E-state index contributed by atoms with van der Waals surface area (Å²) in [5.74, 6) is 4.98. The van der Waals surface area contributed by atoms with E-state index in [-0.39, 0.29) is 28.3 Å². The van der Waals surface area contributed by atoms with Crippen LogP contribution in [0, 0.1) is 11.8 Å². The molecule has 1 atom stereocenters. The minimum atomic E-state index is -3.47. The Morgan fingerprint density at radius 1 is 1.31 bits per heavy atom. The SMILES string of the molecule is CS(=O)(=O)c1ccc([C@@H](CC2=CCCC2)C(=O)Nc2cnc(C#CCCO)cn2)cc1Cl. The summed E-state index contributed by atoms with van der Waals surface area (Å²) >= 11 is 6.23. The quantitative estimate of drug-likeness (QED) is 0.470. The summed E-state index contributed by atoms with van der Waals surface area (Å²) in [6.07, 6.45) is 9.95. The molecule has 1 amide bonds. The highest BCUT2D eigenvalue weighted by molar-refractivity contribution is 7.90. The van der Waals surface area contributed by atoms with Crippen molar-refractivity contribution in [1.29, 1.82) is 0 Å². The van der Waals surface area contributed by atoms with Crippen molar-refractivity contribution in [3.63, 3.8) is 0 Å². The predicted molar refractivity (Wildman–Crippen MR) is 123 cm³/mol. The second kappa shape index (κ2) is 10.7. The summed E-state index contributed by atoms with van der Waals surface area (Å²) in [4.78, 5) is 21.5. The highest BCUT2D eigenvalue weighted by atomic mass is 35.5. The summed E-state index contributed by atoms with van der Waals surface area (Å²) in [5.41, 5.74) is 2.26. The van der Waals surface area contributed by atoms with Crippen molar-refractivity contribution in [3.8, 4) is 11.8 Å². The van der Waals surface area contributed by atoms with Crippen LogP contribution >= 0.6 is 11.6 Å². The van der Waals surface area contributed by atoms with Crippen molar-refractivity contribution in [1.82, 2.24) is 9.97 Å². The lowest BCUT2D eigenvalue weighted by molar-refractivity contribution is -0.117. The van der Waals surface area contributed by atoms with Crippen LogP contribution in [0.4, 0.5) is 5.82 Å². The first kappa shape index (κ1) is 23.9. The number of anilines is 1. The molecule has 0 bridgehead atoms. The van der Waals surface area contributed by atoms with E-state index in [4.69, 9.17) is 16.7 Å². The van der Waals surface area contributed by atoms with Crippen LogP contribution < -0.4 is 5.32 Å². The first-order valence-electron chi connectivity index (χ1n) is 10.2. The zero-order valence-electron chi connectivity index (χ0n) is 17.6. The number of halogens is 1. The number of rotatable bonds is 7. The number of hydrogen-bond acceptors (Lipinski definition) is 6. The maximum Gasteiger partial charge on any atom is 0.233 e. The Bertz CT molecular complexity index is 1180. The molecule has 168 valence electrons. The summed E-state index contributed by atoms with van der Waals surface area (Å²) in [5, 5.41) is 11.7. The minimum Gasteiger partial charge on any atom is -0.395 e. The van der Waals surface area contributed by atoms with E-state index < -0.39 is 15.8 Å². The van der Waals surface area contributed by atoms with Crippen LogP contribution in [0.1, 0.15) is 49.3 Å². The van der Waals surface area contributed by atoms with E-state index in [2.05, 4.69) is 33.2 Å². The van der Waals surface area contributed by atoms with Crippen LogP contribution in [0.3, 0.4) is 0 Å². The molecule has 0 aliphatic heterocycles. The predicted octanol–water partition coefficient (Wildman–Crippen LogP) is 3.49. The molecule has 7 nitrogen and oxygen atoms in total. The molecule has 0 fully saturated rings. The summed E-state index contributed by atoms with van der Waals surface area (Å²) in [7, 11) is -3.47. The zero-order chi connectivity index (χ0) is 23.1. The van der Waals surface area contributed by atoms with Crippen LogP contribution in [0.2, 0.25) is 5.02 Å². The van der Waals surface area contributed by atoms with Crippen molar-refractivity contribution >= 4 is 33.2 Å². The number of aliphatic hydroxyl groups excluding tert-OH is 1. The lowest BCUT2D eigenvalue weighted by Gasteiger charge is -2.18. The number of sulfone groups is 1. The number of hydrogen-bond donors (Lipinski definition) is 2. The van der Waals surface area contributed by atoms with E-state index in [0.717, 1.165) is 25.5 Å². The molecule has 0 saturated heterocycles. The van der Waals surface area contributed by atoms with Crippen LogP contribution in [0.25, 0.3) is 0 Å². The Balaban J connectivity index is 1.83. The molecule has 1 aromatic heterocycles. The van der Waals surface area contributed by atoms with E-state index in [1.807, 2.05) is 0 Å². The number of allylic oxidation sites excluding steroid dienone is 2. The molecule has 0 saturated carbocycles. The number of aromatic nitrogens is 2. The van der Waals surface area contributed by atoms with Gasteiger partial charge in [-0.1, -0.05) is 35.2 Å². The highest BCUT2D eigenvalue weighted by Crippen LogP contribution is 2.33. The molecule has 0 radical (unpaired) electrons. The molecule has 1 aliphatic rings. The van der Waals surface area contributed by atoms with E-state index >= 15 is 0 Å². The van der Waals surface area contributed by atoms with Gasteiger partial charge in [0, 0.05) is 12.7 Å². The topological polar surface area (TPSA) is 109 Å². The third-order valence-corrected chi connectivity index (χ3v) is 6.61. The van der Waals surface area contributed by atoms with Crippen LogP contribution in [-0.4, -0.2) is 42.3 Å². The Kier molecular flexibility index (Phi) is 8.02. The van der Waals surface area contributed by atoms with Crippen molar-refractivity contribution in [2.45, 2.75) is 42.9 Å². The second-order valence-electron chi connectivity index (χ2n) is 7.52. The van der Waals surface area contributed by atoms with Crippen LogP contribution in [0.5, 0.6) is 0 Å². The van der Waals surface area contributed by atoms with Crippen molar-refractivity contribution in [2.24, 2.45) is 0 Å². The highest BCUT2D eigenvalue weighted by Gasteiger charge is 2.25. The molecule has 1 aliphatic carbocycles. The molecule has 0 spiro atoms. The molecule has 2 N–H and O–H groups in total. The molecule has 0 unspecified atom stereocenters. The average molecular weight is 474 g/mol. The van der Waals surface area contributed by atoms with E-state index in [9.17, 15) is 13.2 Å². The fraction of sp³-hybridized carbons (Fsp3) is 0.348. The third-order valence-electron chi connectivity index (χ3n) is 5.03. The number of aliphatic hydroxyl groups is 1. The van der Waals surface area contributed by atoms with Crippen molar-refractivity contribution in [2.75, 3.05) is 18.2 Å². The van der Waals surface area contributed by atoms with Crippen molar-refractivity contribution in [3.05, 3.63) is 58.5 Å². The smallest absolute Gasteiger partial charge is 0.233 e. The fourth-order valence-corrected chi connectivity index (χ4v) is 4.80. The van der Waals surface area contributed by atoms with Gasteiger partial charge in [0.15, 0.2) is 15.7 Å². The lowest BCUT2D eigenvalue weighted by atomic mass is 9.90. The van der Waals surface area contributed by atoms with Gasteiger partial charge in [0.05, 0.1) is 34.8 Å². The first-order valence-corrected chi connectivity index (χ1v) is 12.4. The Morgan fingerprint density at radius 3 is 2.72 bits per heavy atom. The van der Waals surface area contributed by atoms with Gasteiger partial charge >= 0.3 is 0 Å². The molecule has 32 heavy (non-hydrogen) atoms. The molecular formula is C23H24ClN3O4S. The lowest BCUT2D eigenvalue weighted by Crippen LogP contribution is -2.22. The maximum atomic E-state index is 13.2. The summed E-state index contributed by atoms with van der Waals surface area (Å²) in [6.45, 7) is -0.0262. The number of carbonyl (C=O) groups is 1. The van der Waals surface area contributed by atoms with Gasteiger partial charge in [0.1, 0.15) is 5.69 Å². The Morgan fingerprint density at radius 2 is 2.12 bits per heavy atom. The molecular weight excluding hydrogens is 450 g/mol. The van der Waals surface area contributed by atoms with E-state index in [1.165, 1.54) is 24.0 Å². The van der Waals surface area contributed by atoms with Gasteiger partial charge in [-0.2, -0.15) is 0 Å². The maximum absolute atomic E-state index is 13.2. The summed E-state index contributed by atoms with van der Waals surface area (Å²) < 4.78 is 23.8. The Labute approximate surface area is 192 Å². The number of benzene rings is 1. The van der Waals surface area contributed by atoms with E-state index in [1.54, 1.807) is 12.1 Å². The molecule has 3 rings (SSSR count). The van der Waals surface area contributed by atoms with E-state index in [0.29, 0.717) is 24.1 Å². The van der Waals surface area contributed by atoms with Crippen LogP contribution in [0.15, 0.2) is 47.1 Å².